The lowest BCUT2D eigenvalue weighted by atomic mass is 9.93. The molecule has 1 saturated carbocycles. The van der Waals surface area contributed by atoms with Crippen LogP contribution in [0.25, 0.3) is 0 Å². The quantitative estimate of drug-likeness (QED) is 0.736. The van der Waals surface area contributed by atoms with Gasteiger partial charge in [-0.25, -0.2) is 0 Å². The molecule has 2 aliphatic rings. The lowest BCUT2D eigenvalue weighted by Crippen LogP contribution is -2.45. The SMILES string of the molecule is CC(=O)CC1CCCCN1C(=O)CC1CCCCCC1. The summed E-state index contributed by atoms with van der Waals surface area (Å²) in [5.74, 6) is 1.11. The molecule has 1 aliphatic heterocycles. The lowest BCUT2D eigenvalue weighted by molar-refractivity contribution is -0.136. The zero-order valence-electron chi connectivity index (χ0n) is 12.9. The molecule has 1 saturated heterocycles. The van der Waals surface area contributed by atoms with Crippen molar-refractivity contribution in [1.29, 1.82) is 0 Å². The molecule has 1 amide bonds. The first-order chi connectivity index (χ1) is 9.66. The molecule has 1 heterocycles. The second-order valence-electron chi connectivity index (χ2n) is 6.70. The molecule has 2 rings (SSSR count). The van der Waals surface area contributed by atoms with E-state index in [1.807, 2.05) is 4.90 Å². The number of hydrogen-bond donors (Lipinski definition) is 0. The van der Waals surface area contributed by atoms with Crippen LogP contribution in [0, 0.1) is 5.92 Å². The van der Waals surface area contributed by atoms with Crippen molar-refractivity contribution in [3.05, 3.63) is 0 Å². The van der Waals surface area contributed by atoms with Crippen LogP contribution in [-0.2, 0) is 9.59 Å². The fourth-order valence-electron chi connectivity index (χ4n) is 3.81. The summed E-state index contributed by atoms with van der Waals surface area (Å²) < 4.78 is 0. The summed E-state index contributed by atoms with van der Waals surface area (Å²) in [5, 5.41) is 0. The molecule has 0 spiro atoms. The van der Waals surface area contributed by atoms with Crippen molar-refractivity contribution in [3.8, 4) is 0 Å². The van der Waals surface area contributed by atoms with Crippen molar-refractivity contribution < 1.29 is 9.59 Å². The predicted molar refractivity (Wildman–Crippen MR) is 80.5 cm³/mol. The van der Waals surface area contributed by atoms with Gasteiger partial charge in [-0.15, -0.1) is 0 Å². The van der Waals surface area contributed by atoms with E-state index in [1.54, 1.807) is 6.92 Å². The van der Waals surface area contributed by atoms with Gasteiger partial charge in [0.1, 0.15) is 5.78 Å². The molecule has 1 unspecified atom stereocenters. The van der Waals surface area contributed by atoms with Crippen LogP contribution in [0.5, 0.6) is 0 Å². The number of hydrogen-bond acceptors (Lipinski definition) is 2. The summed E-state index contributed by atoms with van der Waals surface area (Å²) in [6, 6.07) is 0.180. The van der Waals surface area contributed by atoms with E-state index in [4.69, 9.17) is 0 Å². The molecule has 0 N–H and O–H groups in total. The predicted octanol–water partition coefficient (Wildman–Crippen LogP) is 3.71. The summed E-state index contributed by atoms with van der Waals surface area (Å²) >= 11 is 0. The van der Waals surface area contributed by atoms with Gasteiger partial charge in [0, 0.05) is 25.4 Å². The Kier molecular flexibility index (Phi) is 6.06. The van der Waals surface area contributed by atoms with Crippen molar-refractivity contribution >= 4 is 11.7 Å². The minimum atomic E-state index is 0.180. The van der Waals surface area contributed by atoms with E-state index >= 15 is 0 Å². The zero-order chi connectivity index (χ0) is 14.4. The van der Waals surface area contributed by atoms with Crippen LogP contribution in [-0.4, -0.2) is 29.2 Å². The average Bonchev–Trinajstić information content (AvgIpc) is 2.67. The van der Waals surface area contributed by atoms with E-state index in [9.17, 15) is 9.59 Å². The normalized spacial score (nSPS) is 25.2. The van der Waals surface area contributed by atoms with Crippen molar-refractivity contribution in [2.24, 2.45) is 5.92 Å². The molecule has 2 fully saturated rings. The molecule has 1 aliphatic carbocycles. The maximum atomic E-state index is 12.6. The smallest absolute Gasteiger partial charge is 0.223 e. The van der Waals surface area contributed by atoms with Gasteiger partial charge in [0.15, 0.2) is 0 Å². The second-order valence-corrected chi connectivity index (χ2v) is 6.70. The summed E-state index contributed by atoms with van der Waals surface area (Å²) in [6.07, 6.45) is 12.2. The van der Waals surface area contributed by atoms with Crippen LogP contribution in [0.3, 0.4) is 0 Å². The average molecular weight is 279 g/mol. The third-order valence-corrected chi connectivity index (χ3v) is 4.91. The van der Waals surface area contributed by atoms with E-state index in [0.29, 0.717) is 24.7 Å². The van der Waals surface area contributed by atoms with Gasteiger partial charge >= 0.3 is 0 Å². The fourth-order valence-corrected chi connectivity index (χ4v) is 3.81. The summed E-state index contributed by atoms with van der Waals surface area (Å²) in [6.45, 7) is 2.51. The van der Waals surface area contributed by atoms with Crippen molar-refractivity contribution in [1.82, 2.24) is 4.90 Å². The number of rotatable bonds is 4. The Morgan fingerprint density at radius 1 is 0.900 bits per heavy atom. The number of ketones is 1. The van der Waals surface area contributed by atoms with Crippen molar-refractivity contribution in [2.45, 2.75) is 83.6 Å². The first kappa shape index (κ1) is 15.5. The molecular weight excluding hydrogens is 250 g/mol. The Morgan fingerprint density at radius 2 is 1.55 bits per heavy atom. The monoisotopic (exact) mass is 279 g/mol. The van der Waals surface area contributed by atoms with Crippen LogP contribution < -0.4 is 0 Å². The molecule has 0 bridgehead atoms. The van der Waals surface area contributed by atoms with Crippen LogP contribution in [0.1, 0.15) is 77.6 Å². The van der Waals surface area contributed by atoms with E-state index < -0.39 is 0 Å². The molecule has 0 aromatic rings. The molecule has 0 aromatic heterocycles. The highest BCUT2D eigenvalue weighted by molar-refractivity contribution is 5.80. The number of piperidine rings is 1. The molecule has 0 aromatic carbocycles. The number of carbonyl (C=O) groups is 2. The Hall–Kier alpha value is -0.860. The van der Waals surface area contributed by atoms with Gasteiger partial charge in [-0.2, -0.15) is 0 Å². The summed E-state index contributed by atoms with van der Waals surface area (Å²) in [5.41, 5.74) is 0. The van der Waals surface area contributed by atoms with Gasteiger partial charge < -0.3 is 4.90 Å². The first-order valence-electron chi connectivity index (χ1n) is 8.45. The Labute approximate surface area is 123 Å². The maximum absolute atomic E-state index is 12.6. The minimum Gasteiger partial charge on any atom is -0.339 e. The highest BCUT2D eigenvalue weighted by Gasteiger charge is 2.29. The topological polar surface area (TPSA) is 37.4 Å². The Morgan fingerprint density at radius 3 is 2.20 bits per heavy atom. The molecule has 114 valence electrons. The zero-order valence-corrected chi connectivity index (χ0v) is 12.9. The fraction of sp³-hybridized carbons (Fsp3) is 0.882. The number of Topliss-reactive ketones (excluding diaryl/α,β-unsaturated/α-hetero) is 1. The molecule has 3 nitrogen and oxygen atoms in total. The van der Waals surface area contributed by atoms with E-state index in [-0.39, 0.29) is 11.8 Å². The van der Waals surface area contributed by atoms with Crippen molar-refractivity contribution in [2.75, 3.05) is 6.54 Å². The van der Waals surface area contributed by atoms with Gasteiger partial charge in [0.05, 0.1) is 0 Å². The van der Waals surface area contributed by atoms with Crippen LogP contribution >= 0.6 is 0 Å². The van der Waals surface area contributed by atoms with Gasteiger partial charge in [0.25, 0.3) is 0 Å². The van der Waals surface area contributed by atoms with Gasteiger partial charge in [0.2, 0.25) is 5.91 Å². The van der Waals surface area contributed by atoms with Crippen molar-refractivity contribution in [3.63, 3.8) is 0 Å². The Balaban J connectivity index is 1.89. The van der Waals surface area contributed by atoms with Crippen LogP contribution in [0.4, 0.5) is 0 Å². The molecular formula is C17H29NO2. The number of carbonyl (C=O) groups excluding carboxylic acids is 2. The minimum absolute atomic E-state index is 0.180. The second kappa shape index (κ2) is 7.80. The highest BCUT2D eigenvalue weighted by Crippen LogP contribution is 2.28. The third-order valence-electron chi connectivity index (χ3n) is 4.91. The summed E-state index contributed by atoms with van der Waals surface area (Å²) in [7, 11) is 0. The Bertz CT molecular complexity index is 332. The largest absolute Gasteiger partial charge is 0.339 e. The third kappa shape index (κ3) is 4.60. The summed E-state index contributed by atoms with van der Waals surface area (Å²) in [4.78, 5) is 26.0. The lowest BCUT2D eigenvalue weighted by Gasteiger charge is -2.36. The number of likely N-dealkylation sites (tertiary alicyclic amines) is 1. The van der Waals surface area contributed by atoms with E-state index in [1.165, 1.54) is 38.5 Å². The standard InChI is InChI=1S/C17H29NO2/c1-14(19)12-16-10-6-7-11-18(16)17(20)13-15-8-4-2-3-5-9-15/h15-16H,2-13H2,1H3. The first-order valence-corrected chi connectivity index (χ1v) is 8.45. The molecule has 20 heavy (non-hydrogen) atoms. The maximum Gasteiger partial charge on any atom is 0.223 e. The number of amides is 1. The van der Waals surface area contributed by atoms with Gasteiger partial charge in [-0.1, -0.05) is 25.7 Å². The molecule has 1 atom stereocenters. The van der Waals surface area contributed by atoms with Crippen LogP contribution in [0.15, 0.2) is 0 Å². The molecule has 0 radical (unpaired) electrons. The highest BCUT2D eigenvalue weighted by atomic mass is 16.2. The van der Waals surface area contributed by atoms with Gasteiger partial charge in [-0.3, -0.25) is 9.59 Å². The van der Waals surface area contributed by atoms with E-state index in [2.05, 4.69) is 0 Å². The van der Waals surface area contributed by atoms with Gasteiger partial charge in [-0.05, 0) is 44.9 Å². The molecule has 3 heteroatoms. The number of nitrogens with zero attached hydrogens (tertiary/aromatic N) is 1. The van der Waals surface area contributed by atoms with E-state index in [0.717, 1.165) is 25.8 Å². The van der Waals surface area contributed by atoms with Crippen LogP contribution in [0.2, 0.25) is 0 Å².